The van der Waals surface area contributed by atoms with Crippen LogP contribution in [0.4, 0.5) is 0 Å². The van der Waals surface area contributed by atoms with Gasteiger partial charge in [-0.1, -0.05) is 36.4 Å². The molecule has 0 aliphatic carbocycles. The molecule has 2 aromatic heterocycles. The van der Waals surface area contributed by atoms with Crippen LogP contribution in [-0.2, 0) is 4.79 Å². The van der Waals surface area contributed by atoms with Crippen LogP contribution < -0.4 is 5.32 Å². The van der Waals surface area contributed by atoms with Gasteiger partial charge in [0.15, 0.2) is 0 Å². The zero-order valence-electron chi connectivity index (χ0n) is 13.4. The molecule has 5 nitrogen and oxygen atoms in total. The van der Waals surface area contributed by atoms with Crippen LogP contribution in [0.25, 0.3) is 21.8 Å². The highest BCUT2D eigenvalue weighted by Crippen LogP contribution is 2.44. The van der Waals surface area contributed by atoms with Crippen molar-refractivity contribution in [2.45, 2.75) is 18.1 Å². The lowest BCUT2D eigenvalue weighted by atomic mass is 9.82. The van der Waals surface area contributed by atoms with Crippen molar-refractivity contribution in [1.82, 2.24) is 15.3 Å². The number of aliphatic hydroxyl groups excluding tert-OH is 1. The van der Waals surface area contributed by atoms with Crippen LogP contribution in [0.1, 0.15) is 23.0 Å². The molecule has 1 aliphatic heterocycles. The predicted octanol–water partition coefficient (Wildman–Crippen LogP) is 2.96. The van der Waals surface area contributed by atoms with Gasteiger partial charge >= 0.3 is 0 Å². The van der Waals surface area contributed by atoms with Gasteiger partial charge in [0.05, 0.1) is 5.92 Å². The number of hydrogen-bond donors (Lipinski definition) is 4. The number of H-pyrrole nitrogens is 2. The van der Waals surface area contributed by atoms with E-state index in [9.17, 15) is 9.90 Å². The lowest BCUT2D eigenvalue weighted by Crippen LogP contribution is -2.27. The predicted molar refractivity (Wildman–Crippen MR) is 96.2 cm³/mol. The van der Waals surface area contributed by atoms with Crippen LogP contribution in [0, 0.1) is 0 Å². The van der Waals surface area contributed by atoms with E-state index in [0.717, 1.165) is 32.9 Å². The molecule has 3 atom stereocenters. The summed E-state index contributed by atoms with van der Waals surface area (Å²) in [6, 6.07) is 15.9. The van der Waals surface area contributed by atoms with Gasteiger partial charge in [0.2, 0.25) is 5.91 Å². The second-order valence-corrected chi connectivity index (χ2v) is 6.54. The van der Waals surface area contributed by atoms with Crippen LogP contribution in [0.15, 0.2) is 60.9 Å². The zero-order chi connectivity index (χ0) is 17.0. The molecule has 2 aromatic carbocycles. The smallest absolute Gasteiger partial charge is 0.230 e. The molecule has 1 aliphatic rings. The van der Waals surface area contributed by atoms with E-state index in [1.54, 1.807) is 0 Å². The number of amides is 1. The average Bonchev–Trinajstić information content (AvgIpc) is 3.30. The highest BCUT2D eigenvalue weighted by atomic mass is 16.3. The minimum absolute atomic E-state index is 0.146. The second kappa shape index (κ2) is 5.22. The quantitative estimate of drug-likeness (QED) is 0.455. The van der Waals surface area contributed by atoms with E-state index in [1.165, 1.54) is 0 Å². The van der Waals surface area contributed by atoms with Gasteiger partial charge in [-0.2, -0.15) is 0 Å². The Bertz CT molecular complexity index is 1090. The molecule has 1 fully saturated rings. The Morgan fingerprint density at radius 1 is 0.800 bits per heavy atom. The number of aliphatic hydroxyl groups is 1. The fourth-order valence-corrected chi connectivity index (χ4v) is 4.08. The fourth-order valence-electron chi connectivity index (χ4n) is 4.08. The van der Waals surface area contributed by atoms with Gasteiger partial charge in [0, 0.05) is 40.1 Å². The van der Waals surface area contributed by atoms with E-state index in [0.29, 0.717) is 0 Å². The summed E-state index contributed by atoms with van der Waals surface area (Å²) in [5, 5.41) is 15.3. The van der Waals surface area contributed by atoms with E-state index in [-0.39, 0.29) is 11.8 Å². The van der Waals surface area contributed by atoms with Gasteiger partial charge in [-0.15, -0.1) is 0 Å². The first-order valence-electron chi connectivity index (χ1n) is 8.34. The Labute approximate surface area is 143 Å². The van der Waals surface area contributed by atoms with Gasteiger partial charge in [0.1, 0.15) is 6.23 Å². The third-order valence-corrected chi connectivity index (χ3v) is 5.21. The molecule has 0 radical (unpaired) electrons. The van der Waals surface area contributed by atoms with Crippen molar-refractivity contribution in [2.75, 3.05) is 0 Å². The van der Waals surface area contributed by atoms with Crippen molar-refractivity contribution in [2.24, 2.45) is 0 Å². The van der Waals surface area contributed by atoms with Gasteiger partial charge in [-0.3, -0.25) is 4.79 Å². The lowest BCUT2D eigenvalue weighted by molar-refractivity contribution is -0.121. The number of benzene rings is 2. The monoisotopic (exact) mass is 331 g/mol. The number of rotatable bonds is 2. The number of nitrogens with one attached hydrogen (secondary N) is 3. The highest BCUT2D eigenvalue weighted by molar-refractivity contribution is 5.96. The van der Waals surface area contributed by atoms with E-state index < -0.39 is 12.1 Å². The summed E-state index contributed by atoms with van der Waals surface area (Å²) in [7, 11) is 0. The molecule has 1 unspecified atom stereocenters. The summed E-state index contributed by atoms with van der Waals surface area (Å²) in [4.78, 5) is 19.2. The molecule has 5 heteroatoms. The summed E-state index contributed by atoms with van der Waals surface area (Å²) in [6.45, 7) is 0. The number of hydrogen-bond acceptors (Lipinski definition) is 2. The van der Waals surface area contributed by atoms with Gasteiger partial charge < -0.3 is 20.4 Å². The van der Waals surface area contributed by atoms with Crippen LogP contribution in [-0.4, -0.2) is 27.2 Å². The third-order valence-electron chi connectivity index (χ3n) is 5.21. The highest BCUT2D eigenvalue weighted by Gasteiger charge is 2.45. The Morgan fingerprint density at radius 3 is 2.04 bits per heavy atom. The number of aromatic amines is 2. The topological polar surface area (TPSA) is 80.9 Å². The molecule has 0 saturated carbocycles. The van der Waals surface area contributed by atoms with E-state index in [1.807, 2.05) is 60.9 Å². The summed E-state index contributed by atoms with van der Waals surface area (Å²) in [5.41, 5.74) is 3.86. The van der Waals surface area contributed by atoms with Crippen LogP contribution in [0.5, 0.6) is 0 Å². The Hall–Kier alpha value is -3.05. The normalized spacial score (nSPS) is 23.4. The molecule has 1 amide bonds. The molecular weight excluding hydrogens is 314 g/mol. The maximum absolute atomic E-state index is 12.7. The van der Waals surface area contributed by atoms with Crippen LogP contribution in [0.2, 0.25) is 0 Å². The molecule has 0 bridgehead atoms. The number of para-hydroxylation sites is 2. The Balaban J connectivity index is 1.70. The standard InChI is InChI=1S/C20H17N3O2/c24-19-17(13-9-21-15-7-3-1-5-11(13)15)18(20(25)23-19)14-10-22-16-8-4-2-6-12(14)16/h1-10,17-19,21-22,24H,(H,23,25)/t17-,18+,19?/m0/s1. The van der Waals surface area contributed by atoms with Crippen molar-refractivity contribution < 1.29 is 9.90 Å². The van der Waals surface area contributed by atoms with Crippen LogP contribution in [0.3, 0.4) is 0 Å². The summed E-state index contributed by atoms with van der Waals surface area (Å²) < 4.78 is 0. The first-order chi connectivity index (χ1) is 12.2. The first kappa shape index (κ1) is 14.3. The average molecular weight is 331 g/mol. The molecule has 4 aromatic rings. The fraction of sp³-hybridized carbons (Fsp3) is 0.150. The van der Waals surface area contributed by atoms with Gasteiger partial charge in [-0.05, 0) is 23.3 Å². The van der Waals surface area contributed by atoms with Crippen molar-refractivity contribution in [3.63, 3.8) is 0 Å². The number of aromatic nitrogens is 2. The number of carbonyl (C=O) groups excluding carboxylic acids is 1. The number of carbonyl (C=O) groups is 1. The molecule has 25 heavy (non-hydrogen) atoms. The van der Waals surface area contributed by atoms with Crippen molar-refractivity contribution in [3.05, 3.63) is 72.1 Å². The maximum atomic E-state index is 12.7. The molecule has 3 heterocycles. The zero-order valence-corrected chi connectivity index (χ0v) is 13.4. The Morgan fingerprint density at radius 2 is 1.36 bits per heavy atom. The Kier molecular flexibility index (Phi) is 2.99. The summed E-state index contributed by atoms with van der Waals surface area (Å²) in [6.07, 6.45) is 2.88. The SMILES string of the molecule is O=C1NC(O)[C@@H](c2c[nH]c3ccccc23)[C@H]1c1c[nH]c2ccccc12. The maximum Gasteiger partial charge on any atom is 0.230 e. The van der Waals surface area contributed by atoms with E-state index >= 15 is 0 Å². The first-order valence-corrected chi connectivity index (χ1v) is 8.34. The van der Waals surface area contributed by atoms with E-state index in [4.69, 9.17) is 0 Å². The molecule has 4 N–H and O–H groups in total. The molecule has 124 valence electrons. The van der Waals surface area contributed by atoms with Gasteiger partial charge in [0.25, 0.3) is 0 Å². The molecule has 0 spiro atoms. The largest absolute Gasteiger partial charge is 0.373 e. The molecular formula is C20H17N3O2. The van der Waals surface area contributed by atoms with Crippen LogP contribution >= 0.6 is 0 Å². The van der Waals surface area contributed by atoms with Crippen molar-refractivity contribution in [3.8, 4) is 0 Å². The molecule has 1 saturated heterocycles. The van der Waals surface area contributed by atoms with Gasteiger partial charge in [-0.25, -0.2) is 0 Å². The minimum Gasteiger partial charge on any atom is -0.373 e. The minimum atomic E-state index is -0.912. The number of fused-ring (bicyclic) bond motifs is 2. The van der Waals surface area contributed by atoms with Crippen molar-refractivity contribution in [1.29, 1.82) is 0 Å². The third kappa shape index (κ3) is 2.03. The van der Waals surface area contributed by atoms with E-state index in [2.05, 4.69) is 15.3 Å². The summed E-state index contributed by atoms with van der Waals surface area (Å²) >= 11 is 0. The van der Waals surface area contributed by atoms with Crippen molar-refractivity contribution >= 4 is 27.7 Å². The second-order valence-electron chi connectivity index (χ2n) is 6.54. The molecule has 5 rings (SSSR count). The lowest BCUT2D eigenvalue weighted by Gasteiger charge is -2.19. The summed E-state index contributed by atoms with van der Waals surface area (Å²) in [5.74, 6) is -0.930.